The molecule has 0 bridgehead atoms. The van der Waals surface area contributed by atoms with E-state index in [1.54, 1.807) is 19.2 Å². The zero-order valence-corrected chi connectivity index (χ0v) is 19.9. The van der Waals surface area contributed by atoms with E-state index in [0.29, 0.717) is 12.8 Å². The maximum atomic E-state index is 13.7. The molecular formula is C28H28N2O5. The highest BCUT2D eigenvalue weighted by atomic mass is 16.5. The van der Waals surface area contributed by atoms with Gasteiger partial charge < -0.3 is 24.6 Å². The van der Waals surface area contributed by atoms with Crippen molar-refractivity contribution in [3.63, 3.8) is 0 Å². The lowest BCUT2D eigenvalue weighted by Gasteiger charge is -2.34. The number of aliphatic imine (C=N–C) groups is 1. The number of para-hydroxylation sites is 2. The number of aromatic hydroxyl groups is 1. The summed E-state index contributed by atoms with van der Waals surface area (Å²) in [7, 11) is 4.63. The van der Waals surface area contributed by atoms with Crippen LogP contribution in [-0.2, 0) is 4.79 Å². The van der Waals surface area contributed by atoms with E-state index in [1.165, 1.54) is 14.2 Å². The fourth-order valence-electron chi connectivity index (χ4n) is 5.08. The van der Waals surface area contributed by atoms with Crippen molar-refractivity contribution in [3.8, 4) is 23.0 Å². The highest BCUT2D eigenvalue weighted by Gasteiger charge is 2.42. The molecule has 3 unspecified atom stereocenters. The number of anilines is 1. The first-order valence-electron chi connectivity index (χ1n) is 11.6. The number of rotatable bonds is 5. The van der Waals surface area contributed by atoms with E-state index in [0.717, 1.165) is 34.0 Å². The van der Waals surface area contributed by atoms with Gasteiger partial charge in [0.15, 0.2) is 11.5 Å². The van der Waals surface area contributed by atoms with E-state index >= 15 is 0 Å². The Balaban J connectivity index is 1.59. The third kappa shape index (κ3) is 4.18. The van der Waals surface area contributed by atoms with Crippen LogP contribution in [0.3, 0.4) is 0 Å². The van der Waals surface area contributed by atoms with Crippen LogP contribution in [0.5, 0.6) is 23.0 Å². The van der Waals surface area contributed by atoms with Crippen molar-refractivity contribution in [2.45, 2.75) is 24.8 Å². The molecule has 0 radical (unpaired) electrons. The van der Waals surface area contributed by atoms with E-state index in [1.807, 2.05) is 48.5 Å². The number of phenols is 1. The summed E-state index contributed by atoms with van der Waals surface area (Å²) in [4.78, 5) is 18.7. The summed E-state index contributed by atoms with van der Waals surface area (Å²) in [5, 5.41) is 14.0. The van der Waals surface area contributed by atoms with Crippen LogP contribution in [0, 0.1) is 5.92 Å². The van der Waals surface area contributed by atoms with E-state index in [9.17, 15) is 9.90 Å². The molecule has 0 spiro atoms. The molecule has 7 heteroatoms. The van der Waals surface area contributed by atoms with Gasteiger partial charge in [0, 0.05) is 12.1 Å². The topological polar surface area (TPSA) is 89.4 Å². The number of Topliss-reactive ketones (excluding diaryl/α,β-unsaturated/α-hetero) is 1. The summed E-state index contributed by atoms with van der Waals surface area (Å²) < 4.78 is 16.1. The third-order valence-electron chi connectivity index (χ3n) is 6.87. The summed E-state index contributed by atoms with van der Waals surface area (Å²) in [5.41, 5.74) is 4.36. The monoisotopic (exact) mass is 472 g/mol. The van der Waals surface area contributed by atoms with Crippen LogP contribution in [0.4, 0.5) is 11.4 Å². The minimum atomic E-state index is -0.462. The average molecular weight is 473 g/mol. The number of phenolic OH excluding ortho intramolecular Hbond substituents is 1. The molecule has 180 valence electrons. The maximum Gasteiger partial charge on any atom is 0.200 e. The Hall–Kier alpha value is -4.00. The normalized spacial score (nSPS) is 21.1. The van der Waals surface area contributed by atoms with Crippen LogP contribution in [0.2, 0.25) is 0 Å². The van der Waals surface area contributed by atoms with Gasteiger partial charge in [-0.1, -0.05) is 24.3 Å². The van der Waals surface area contributed by atoms with Gasteiger partial charge in [-0.25, -0.2) is 0 Å². The molecule has 35 heavy (non-hydrogen) atoms. The number of benzene rings is 3. The number of ether oxygens (including phenoxy) is 3. The molecule has 7 nitrogen and oxygen atoms in total. The van der Waals surface area contributed by atoms with Crippen molar-refractivity contribution in [2.75, 3.05) is 26.6 Å². The van der Waals surface area contributed by atoms with Crippen molar-refractivity contribution in [1.82, 2.24) is 0 Å². The number of nitrogens with one attached hydrogen (secondary N) is 1. The molecule has 3 atom stereocenters. The Morgan fingerprint density at radius 1 is 0.886 bits per heavy atom. The molecule has 1 aliphatic heterocycles. The van der Waals surface area contributed by atoms with Crippen LogP contribution >= 0.6 is 0 Å². The van der Waals surface area contributed by atoms with Gasteiger partial charge in [-0.2, -0.15) is 0 Å². The van der Waals surface area contributed by atoms with E-state index in [2.05, 4.69) is 5.32 Å². The molecular weight excluding hydrogens is 444 g/mol. The molecule has 1 fully saturated rings. The van der Waals surface area contributed by atoms with Gasteiger partial charge in [0.2, 0.25) is 5.75 Å². The van der Waals surface area contributed by atoms with E-state index < -0.39 is 12.0 Å². The minimum absolute atomic E-state index is 0.0400. The van der Waals surface area contributed by atoms with Crippen molar-refractivity contribution in [2.24, 2.45) is 10.9 Å². The Bertz CT molecular complexity index is 1260. The van der Waals surface area contributed by atoms with Gasteiger partial charge in [0.1, 0.15) is 11.5 Å². The number of hydrogen-bond donors (Lipinski definition) is 2. The molecule has 2 N–H and O–H groups in total. The molecule has 1 heterocycles. The third-order valence-corrected chi connectivity index (χ3v) is 6.87. The highest BCUT2D eigenvalue weighted by molar-refractivity contribution is 6.11. The second-order valence-corrected chi connectivity index (χ2v) is 8.84. The second kappa shape index (κ2) is 9.33. The van der Waals surface area contributed by atoms with Crippen LogP contribution in [0.25, 0.3) is 0 Å². The fourth-order valence-corrected chi connectivity index (χ4v) is 5.08. The first kappa shape index (κ1) is 22.8. The van der Waals surface area contributed by atoms with Gasteiger partial charge in [0.05, 0.1) is 44.7 Å². The van der Waals surface area contributed by atoms with Crippen LogP contribution in [0.1, 0.15) is 35.9 Å². The van der Waals surface area contributed by atoms with Crippen LogP contribution in [-0.4, -0.2) is 37.9 Å². The largest absolute Gasteiger partial charge is 0.502 e. The van der Waals surface area contributed by atoms with Gasteiger partial charge in [-0.05, 0) is 59.9 Å². The lowest BCUT2D eigenvalue weighted by Crippen LogP contribution is -2.38. The predicted octanol–water partition coefficient (Wildman–Crippen LogP) is 5.42. The highest BCUT2D eigenvalue weighted by Crippen LogP contribution is 2.47. The van der Waals surface area contributed by atoms with Gasteiger partial charge >= 0.3 is 0 Å². The lowest BCUT2D eigenvalue weighted by atomic mass is 9.72. The van der Waals surface area contributed by atoms with Crippen LogP contribution in [0.15, 0.2) is 65.7 Å². The first-order chi connectivity index (χ1) is 17.0. The smallest absolute Gasteiger partial charge is 0.200 e. The molecule has 3 aromatic carbocycles. The Kier molecular flexibility index (Phi) is 6.07. The molecule has 1 saturated carbocycles. The zero-order valence-electron chi connectivity index (χ0n) is 19.9. The average Bonchev–Trinajstić information content (AvgIpc) is 3.06. The zero-order chi connectivity index (χ0) is 24.5. The molecule has 5 rings (SSSR count). The molecule has 0 amide bonds. The summed E-state index contributed by atoms with van der Waals surface area (Å²) in [6.07, 6.45) is 1.08. The molecule has 0 saturated heterocycles. The number of carbonyl (C=O) groups is 1. The number of carbonyl (C=O) groups excluding carboxylic acids is 1. The maximum absolute atomic E-state index is 13.7. The van der Waals surface area contributed by atoms with Crippen molar-refractivity contribution < 1.29 is 24.1 Å². The second-order valence-electron chi connectivity index (χ2n) is 8.84. The number of nitrogens with zero attached hydrogens (tertiary/aromatic N) is 1. The Morgan fingerprint density at radius 3 is 2.23 bits per heavy atom. The summed E-state index contributed by atoms with van der Waals surface area (Å²) in [6.45, 7) is 0. The number of hydrogen-bond acceptors (Lipinski definition) is 7. The summed E-state index contributed by atoms with van der Waals surface area (Å²) in [5.74, 6) is 0.986. The van der Waals surface area contributed by atoms with E-state index in [-0.39, 0.29) is 28.9 Å². The molecule has 1 aliphatic carbocycles. The predicted molar refractivity (Wildman–Crippen MR) is 135 cm³/mol. The summed E-state index contributed by atoms with van der Waals surface area (Å²) >= 11 is 0. The van der Waals surface area contributed by atoms with Gasteiger partial charge in [0.25, 0.3) is 0 Å². The number of methoxy groups -OCH3 is 3. The quantitative estimate of drug-likeness (QED) is 0.515. The first-order valence-corrected chi connectivity index (χ1v) is 11.6. The summed E-state index contributed by atoms with van der Waals surface area (Å²) in [6, 6.07) is 18.8. The van der Waals surface area contributed by atoms with Crippen molar-refractivity contribution >= 4 is 22.9 Å². The molecule has 0 aromatic heterocycles. The van der Waals surface area contributed by atoms with E-state index in [4.69, 9.17) is 19.2 Å². The Labute approximate surface area is 204 Å². The minimum Gasteiger partial charge on any atom is -0.502 e. The van der Waals surface area contributed by atoms with Crippen LogP contribution < -0.4 is 19.5 Å². The van der Waals surface area contributed by atoms with Gasteiger partial charge in [-0.15, -0.1) is 0 Å². The molecule has 3 aromatic rings. The SMILES string of the molecule is COc1ccc(C2CC(=O)C3C(=Nc4ccccc4NC3c3cc(OC)c(O)c(OC)c3)C2)cc1. The van der Waals surface area contributed by atoms with Crippen molar-refractivity contribution in [3.05, 3.63) is 71.8 Å². The molecule has 2 aliphatic rings. The standard InChI is InChI=1S/C28H28N2O5/c1-33-19-10-8-16(9-11-19)17-12-22-26(23(31)13-17)27(30-21-7-5-4-6-20(21)29-22)18-14-24(34-2)28(32)25(15-18)35-3/h4-11,14-15,17,26-27,30,32H,12-13H2,1-3H3. The lowest BCUT2D eigenvalue weighted by molar-refractivity contribution is -0.122. The Morgan fingerprint density at radius 2 is 1.57 bits per heavy atom. The van der Waals surface area contributed by atoms with Crippen molar-refractivity contribution in [1.29, 1.82) is 0 Å². The number of fused-ring (bicyclic) bond motifs is 2. The number of ketones is 1. The fraction of sp³-hybridized carbons (Fsp3) is 0.286. The van der Waals surface area contributed by atoms with Gasteiger partial charge in [-0.3, -0.25) is 9.79 Å².